The van der Waals surface area contributed by atoms with Gasteiger partial charge in [0.05, 0.1) is 11.5 Å². The van der Waals surface area contributed by atoms with Crippen LogP contribution in [0.15, 0.2) is 0 Å². The smallest absolute Gasteiger partial charge is 0.128 e. The molecule has 68 valence electrons. The van der Waals surface area contributed by atoms with E-state index in [-0.39, 0.29) is 11.5 Å². The number of hydrogen-bond acceptors (Lipinski definition) is 2. The van der Waals surface area contributed by atoms with Gasteiger partial charge in [-0.05, 0) is 32.1 Å². The maximum atomic E-state index is 10.9. The van der Waals surface area contributed by atoms with Crippen LogP contribution in [0.25, 0.3) is 0 Å². The summed E-state index contributed by atoms with van der Waals surface area (Å²) in [6.45, 7) is 0.861. The molecule has 1 atom stereocenters. The molecule has 2 rings (SSSR count). The summed E-state index contributed by atoms with van der Waals surface area (Å²) in [4.78, 5) is 10.9. The highest BCUT2D eigenvalue weighted by atomic mass is 16.5. The summed E-state index contributed by atoms with van der Waals surface area (Å²) in [6, 6.07) is 0. The lowest BCUT2D eigenvalue weighted by molar-refractivity contribution is -0.141. The van der Waals surface area contributed by atoms with E-state index in [1.807, 2.05) is 0 Å². The second-order valence-corrected chi connectivity index (χ2v) is 4.06. The molecule has 0 unspecified atom stereocenters. The molecule has 2 aliphatic rings. The third-order valence-electron chi connectivity index (χ3n) is 3.34. The lowest BCUT2D eigenvalue weighted by Gasteiger charge is -2.44. The van der Waals surface area contributed by atoms with E-state index in [0.717, 1.165) is 32.2 Å². The third kappa shape index (κ3) is 1.18. The van der Waals surface area contributed by atoms with Gasteiger partial charge in [0.15, 0.2) is 0 Å². The average molecular weight is 168 g/mol. The fourth-order valence-corrected chi connectivity index (χ4v) is 2.29. The summed E-state index contributed by atoms with van der Waals surface area (Å²) in [5.74, 6) is 0. The minimum absolute atomic E-state index is 0.0690. The zero-order valence-corrected chi connectivity index (χ0v) is 7.42. The van der Waals surface area contributed by atoms with Crippen molar-refractivity contribution in [2.24, 2.45) is 5.41 Å². The number of rotatable bonds is 2. The fraction of sp³-hybridized carbons (Fsp3) is 0.900. The van der Waals surface area contributed by atoms with Crippen LogP contribution in [-0.4, -0.2) is 19.0 Å². The Morgan fingerprint density at radius 3 is 2.50 bits per heavy atom. The predicted molar refractivity (Wildman–Crippen MR) is 45.9 cm³/mol. The Labute approximate surface area is 73.3 Å². The lowest BCUT2D eigenvalue weighted by atomic mass is 9.65. The van der Waals surface area contributed by atoms with Gasteiger partial charge >= 0.3 is 0 Å². The van der Waals surface area contributed by atoms with Crippen molar-refractivity contribution in [2.45, 2.75) is 44.6 Å². The third-order valence-corrected chi connectivity index (χ3v) is 3.34. The topological polar surface area (TPSA) is 26.3 Å². The van der Waals surface area contributed by atoms with Crippen LogP contribution in [0.5, 0.6) is 0 Å². The first-order valence-corrected chi connectivity index (χ1v) is 4.95. The average Bonchev–Trinajstić information content (AvgIpc) is 2.05. The monoisotopic (exact) mass is 168 g/mol. The molecule has 1 aliphatic heterocycles. The SMILES string of the molecule is O=CC1([C@H]2CCCCO2)CCC1. The molecule has 0 aromatic carbocycles. The first-order valence-electron chi connectivity index (χ1n) is 4.95. The molecule has 2 heteroatoms. The van der Waals surface area contributed by atoms with Crippen molar-refractivity contribution in [1.82, 2.24) is 0 Å². The molecule has 0 N–H and O–H groups in total. The summed E-state index contributed by atoms with van der Waals surface area (Å²) in [5.41, 5.74) is -0.0690. The van der Waals surface area contributed by atoms with Crippen LogP contribution >= 0.6 is 0 Å². The second-order valence-electron chi connectivity index (χ2n) is 4.06. The fourth-order valence-electron chi connectivity index (χ4n) is 2.29. The summed E-state index contributed by atoms with van der Waals surface area (Å²) >= 11 is 0. The van der Waals surface area contributed by atoms with Crippen LogP contribution in [0.3, 0.4) is 0 Å². The summed E-state index contributed by atoms with van der Waals surface area (Å²) in [5, 5.41) is 0. The van der Waals surface area contributed by atoms with Crippen molar-refractivity contribution >= 4 is 6.29 Å². The van der Waals surface area contributed by atoms with Gasteiger partial charge in [-0.3, -0.25) is 0 Å². The number of carbonyl (C=O) groups is 1. The Morgan fingerprint density at radius 2 is 2.08 bits per heavy atom. The number of hydrogen-bond donors (Lipinski definition) is 0. The lowest BCUT2D eigenvalue weighted by Crippen LogP contribution is -2.45. The number of aldehydes is 1. The molecule has 1 aliphatic carbocycles. The molecule has 1 saturated carbocycles. The van der Waals surface area contributed by atoms with Gasteiger partial charge in [-0.2, -0.15) is 0 Å². The van der Waals surface area contributed by atoms with Crippen molar-refractivity contribution in [2.75, 3.05) is 6.61 Å². The Morgan fingerprint density at radius 1 is 1.25 bits per heavy atom. The molecule has 2 nitrogen and oxygen atoms in total. The molecule has 0 amide bonds. The van der Waals surface area contributed by atoms with E-state index >= 15 is 0 Å². The van der Waals surface area contributed by atoms with Crippen LogP contribution in [0.4, 0.5) is 0 Å². The molecule has 0 aromatic rings. The van der Waals surface area contributed by atoms with Crippen molar-refractivity contribution < 1.29 is 9.53 Å². The maximum Gasteiger partial charge on any atom is 0.128 e. The zero-order chi connectivity index (χ0) is 8.44. The largest absolute Gasteiger partial charge is 0.377 e. The van der Waals surface area contributed by atoms with E-state index < -0.39 is 0 Å². The predicted octanol–water partition coefficient (Wildman–Crippen LogP) is 1.92. The van der Waals surface area contributed by atoms with E-state index in [9.17, 15) is 4.79 Å². The maximum absolute atomic E-state index is 10.9. The normalized spacial score (nSPS) is 33.8. The second kappa shape index (κ2) is 3.17. The van der Waals surface area contributed by atoms with E-state index in [1.165, 1.54) is 19.3 Å². The Bertz CT molecular complexity index is 167. The molecule has 12 heavy (non-hydrogen) atoms. The van der Waals surface area contributed by atoms with Gasteiger partial charge in [0.25, 0.3) is 0 Å². The first kappa shape index (κ1) is 8.24. The summed E-state index contributed by atoms with van der Waals surface area (Å²) < 4.78 is 5.64. The van der Waals surface area contributed by atoms with Crippen LogP contribution in [-0.2, 0) is 9.53 Å². The highest BCUT2D eigenvalue weighted by Crippen LogP contribution is 2.45. The minimum Gasteiger partial charge on any atom is -0.377 e. The standard InChI is InChI=1S/C10H16O2/c11-8-10(5-3-6-10)9-4-1-2-7-12-9/h8-9H,1-7H2/t9-/m1/s1. The molecule has 0 radical (unpaired) electrons. The summed E-state index contributed by atoms with van der Waals surface area (Å²) in [7, 11) is 0. The van der Waals surface area contributed by atoms with Crippen LogP contribution in [0, 0.1) is 5.41 Å². The van der Waals surface area contributed by atoms with Gasteiger partial charge < -0.3 is 9.53 Å². The Balaban J connectivity index is 1.99. The van der Waals surface area contributed by atoms with Gasteiger partial charge in [0.1, 0.15) is 6.29 Å². The summed E-state index contributed by atoms with van der Waals surface area (Å²) in [6.07, 6.45) is 8.22. The number of ether oxygens (including phenoxy) is 1. The van der Waals surface area contributed by atoms with Gasteiger partial charge in [-0.15, -0.1) is 0 Å². The van der Waals surface area contributed by atoms with E-state index in [0.29, 0.717) is 0 Å². The van der Waals surface area contributed by atoms with E-state index in [4.69, 9.17) is 4.74 Å². The van der Waals surface area contributed by atoms with Crippen molar-refractivity contribution in [3.8, 4) is 0 Å². The van der Waals surface area contributed by atoms with Crippen molar-refractivity contribution in [1.29, 1.82) is 0 Å². The molecule has 1 heterocycles. The van der Waals surface area contributed by atoms with Crippen molar-refractivity contribution in [3.63, 3.8) is 0 Å². The Kier molecular flexibility index (Phi) is 2.18. The molecular weight excluding hydrogens is 152 g/mol. The molecular formula is C10H16O2. The minimum atomic E-state index is -0.0690. The van der Waals surface area contributed by atoms with Gasteiger partial charge in [-0.25, -0.2) is 0 Å². The van der Waals surface area contributed by atoms with Crippen LogP contribution in [0.1, 0.15) is 38.5 Å². The molecule has 0 bridgehead atoms. The van der Waals surface area contributed by atoms with E-state index in [2.05, 4.69) is 0 Å². The van der Waals surface area contributed by atoms with Crippen molar-refractivity contribution in [3.05, 3.63) is 0 Å². The quantitative estimate of drug-likeness (QED) is 0.589. The van der Waals surface area contributed by atoms with Crippen LogP contribution in [0.2, 0.25) is 0 Å². The van der Waals surface area contributed by atoms with Gasteiger partial charge in [-0.1, -0.05) is 6.42 Å². The molecule has 1 saturated heterocycles. The van der Waals surface area contributed by atoms with E-state index in [1.54, 1.807) is 0 Å². The first-order chi connectivity index (χ1) is 5.87. The highest BCUT2D eigenvalue weighted by Gasteiger charge is 2.45. The Hall–Kier alpha value is -0.370. The van der Waals surface area contributed by atoms with Crippen LogP contribution < -0.4 is 0 Å². The number of carbonyl (C=O) groups excluding carboxylic acids is 1. The molecule has 0 aromatic heterocycles. The van der Waals surface area contributed by atoms with Gasteiger partial charge in [0, 0.05) is 6.61 Å². The van der Waals surface area contributed by atoms with Gasteiger partial charge in [0.2, 0.25) is 0 Å². The molecule has 0 spiro atoms. The molecule has 2 fully saturated rings. The highest BCUT2D eigenvalue weighted by molar-refractivity contribution is 5.62. The zero-order valence-electron chi connectivity index (χ0n) is 7.42.